The quantitative estimate of drug-likeness (QED) is 0.506. The molecule has 10 heteroatoms. The number of aromatic amines is 1. The first-order chi connectivity index (χ1) is 14.1. The van der Waals surface area contributed by atoms with Gasteiger partial charge in [-0.05, 0) is 25.1 Å². The third-order valence-corrected chi connectivity index (χ3v) is 4.56. The molecular formula is C19H22FN7O2. The van der Waals surface area contributed by atoms with Crippen LogP contribution in [0.1, 0.15) is 6.92 Å². The van der Waals surface area contributed by atoms with Gasteiger partial charge >= 0.3 is 6.03 Å². The first-order valence-corrected chi connectivity index (χ1v) is 9.42. The van der Waals surface area contributed by atoms with E-state index in [-0.39, 0.29) is 6.03 Å². The molecule has 3 heterocycles. The van der Waals surface area contributed by atoms with Gasteiger partial charge in [0.15, 0.2) is 5.82 Å². The number of carbonyl (C=O) groups excluding carboxylic acids is 1. The number of anilines is 3. The average molecular weight is 399 g/mol. The van der Waals surface area contributed by atoms with Crippen LogP contribution >= 0.6 is 0 Å². The zero-order valence-electron chi connectivity index (χ0n) is 16.0. The fraction of sp³-hybridized carbons (Fsp3) is 0.316. The molecule has 0 bridgehead atoms. The minimum Gasteiger partial charge on any atom is -0.380 e. The van der Waals surface area contributed by atoms with Crippen molar-refractivity contribution in [3.63, 3.8) is 0 Å². The van der Waals surface area contributed by atoms with Gasteiger partial charge < -0.3 is 15.4 Å². The molecule has 1 saturated heterocycles. The molecule has 152 valence electrons. The van der Waals surface area contributed by atoms with Crippen LogP contribution in [-0.2, 0) is 11.3 Å². The van der Waals surface area contributed by atoms with Gasteiger partial charge in [-0.3, -0.25) is 14.7 Å². The first-order valence-electron chi connectivity index (χ1n) is 9.42. The van der Waals surface area contributed by atoms with E-state index in [0.717, 1.165) is 5.69 Å². The van der Waals surface area contributed by atoms with E-state index in [9.17, 15) is 9.18 Å². The molecule has 29 heavy (non-hydrogen) atoms. The highest BCUT2D eigenvalue weighted by molar-refractivity contribution is 5.94. The molecule has 2 aromatic heterocycles. The lowest BCUT2D eigenvalue weighted by molar-refractivity contribution is 0.136. The Morgan fingerprint density at radius 3 is 3.00 bits per heavy atom. The first kappa shape index (κ1) is 18.9. The molecule has 3 N–H and O–H groups in total. The maximum absolute atomic E-state index is 14.7. The third-order valence-electron chi connectivity index (χ3n) is 4.56. The van der Waals surface area contributed by atoms with Crippen molar-refractivity contribution in [2.75, 3.05) is 36.5 Å². The Balaban J connectivity index is 1.44. The topological polar surface area (TPSA) is 100 Å². The molecule has 0 spiro atoms. The monoisotopic (exact) mass is 399 g/mol. The molecule has 0 aliphatic carbocycles. The lowest BCUT2D eigenvalue weighted by atomic mass is 10.1. The Kier molecular flexibility index (Phi) is 5.43. The van der Waals surface area contributed by atoms with Crippen molar-refractivity contribution in [2.24, 2.45) is 0 Å². The fourth-order valence-electron chi connectivity index (χ4n) is 3.13. The predicted octanol–water partition coefficient (Wildman–Crippen LogP) is 2.72. The van der Waals surface area contributed by atoms with Gasteiger partial charge in [-0.15, -0.1) is 0 Å². The number of nitrogens with one attached hydrogen (secondary N) is 3. The summed E-state index contributed by atoms with van der Waals surface area (Å²) in [5.74, 6) is 0.118. The third kappa shape index (κ3) is 4.21. The molecule has 3 aromatic rings. The fourth-order valence-corrected chi connectivity index (χ4v) is 3.13. The van der Waals surface area contributed by atoms with E-state index in [1.54, 1.807) is 29.1 Å². The van der Waals surface area contributed by atoms with Crippen molar-refractivity contribution < 1.29 is 13.9 Å². The maximum Gasteiger partial charge on any atom is 0.321 e. The summed E-state index contributed by atoms with van der Waals surface area (Å²) in [6, 6.07) is 6.22. The molecular weight excluding hydrogens is 377 g/mol. The minimum atomic E-state index is -0.429. The van der Waals surface area contributed by atoms with Gasteiger partial charge in [0.1, 0.15) is 5.82 Å². The number of rotatable bonds is 8. The number of nitrogens with zero attached hydrogens (tertiary/aromatic N) is 4. The maximum atomic E-state index is 14.7. The Bertz CT molecular complexity index is 1000. The summed E-state index contributed by atoms with van der Waals surface area (Å²) in [7, 11) is 0. The predicted molar refractivity (Wildman–Crippen MR) is 107 cm³/mol. The summed E-state index contributed by atoms with van der Waals surface area (Å²) < 4.78 is 21.7. The molecule has 0 saturated carbocycles. The molecule has 0 unspecified atom stereocenters. The van der Waals surface area contributed by atoms with Gasteiger partial charge in [-0.1, -0.05) is 0 Å². The number of benzene rings is 1. The van der Waals surface area contributed by atoms with E-state index in [4.69, 9.17) is 4.74 Å². The lowest BCUT2D eigenvalue weighted by Gasteiger charge is -2.14. The number of aromatic nitrogens is 4. The van der Waals surface area contributed by atoms with Crippen LogP contribution in [-0.4, -0.2) is 52.3 Å². The van der Waals surface area contributed by atoms with Crippen molar-refractivity contribution in [2.45, 2.75) is 13.5 Å². The van der Waals surface area contributed by atoms with Crippen LogP contribution in [0.15, 0.2) is 36.7 Å². The van der Waals surface area contributed by atoms with Gasteiger partial charge in [0, 0.05) is 43.2 Å². The van der Waals surface area contributed by atoms with E-state index in [2.05, 4.69) is 25.9 Å². The van der Waals surface area contributed by atoms with Crippen LogP contribution in [0, 0.1) is 5.82 Å². The van der Waals surface area contributed by atoms with Crippen LogP contribution in [0.4, 0.5) is 26.4 Å². The standard InChI is InChI=1S/C19H22FN7O2/c1-2-29-8-7-26-12-13(11-22-26)23-18-10-17(24-25-18)15-4-3-14(9-16(15)20)27-6-5-21-19(27)28/h3-4,9-12H,2,5-8H2,1H3,(H,21,28)(H2,23,24,25). The van der Waals surface area contributed by atoms with Crippen LogP contribution in [0.25, 0.3) is 11.3 Å². The second kappa shape index (κ2) is 8.31. The number of amides is 2. The van der Waals surface area contributed by atoms with E-state index in [0.29, 0.717) is 55.6 Å². The summed E-state index contributed by atoms with van der Waals surface area (Å²) >= 11 is 0. The number of hydrogen-bond acceptors (Lipinski definition) is 5. The van der Waals surface area contributed by atoms with Gasteiger partial charge in [0.2, 0.25) is 0 Å². The van der Waals surface area contributed by atoms with Crippen LogP contribution in [0.3, 0.4) is 0 Å². The minimum absolute atomic E-state index is 0.216. The van der Waals surface area contributed by atoms with Gasteiger partial charge in [-0.2, -0.15) is 10.2 Å². The largest absolute Gasteiger partial charge is 0.380 e. The van der Waals surface area contributed by atoms with Crippen molar-refractivity contribution in [3.8, 4) is 11.3 Å². The second-order valence-corrected chi connectivity index (χ2v) is 6.53. The summed E-state index contributed by atoms with van der Waals surface area (Å²) in [4.78, 5) is 13.3. The van der Waals surface area contributed by atoms with E-state index < -0.39 is 5.82 Å². The van der Waals surface area contributed by atoms with Gasteiger partial charge in [-0.25, -0.2) is 9.18 Å². The second-order valence-electron chi connectivity index (χ2n) is 6.53. The van der Waals surface area contributed by atoms with Crippen molar-refractivity contribution in [1.82, 2.24) is 25.3 Å². The van der Waals surface area contributed by atoms with Crippen molar-refractivity contribution in [1.29, 1.82) is 0 Å². The molecule has 0 atom stereocenters. The van der Waals surface area contributed by atoms with Crippen LogP contribution in [0.2, 0.25) is 0 Å². The number of halogens is 1. The lowest BCUT2D eigenvalue weighted by Crippen LogP contribution is -2.27. The number of H-pyrrole nitrogens is 1. The highest BCUT2D eigenvalue weighted by Gasteiger charge is 2.22. The molecule has 1 aliphatic heterocycles. The van der Waals surface area contributed by atoms with Gasteiger partial charge in [0.05, 0.1) is 30.7 Å². The molecule has 1 aromatic carbocycles. The van der Waals surface area contributed by atoms with Crippen LogP contribution in [0.5, 0.6) is 0 Å². The number of hydrogen-bond donors (Lipinski definition) is 3. The smallest absolute Gasteiger partial charge is 0.321 e. The summed E-state index contributed by atoms with van der Waals surface area (Å²) in [5, 5.41) is 17.1. The molecule has 2 amide bonds. The molecule has 1 aliphatic rings. The Hall–Kier alpha value is -3.40. The molecule has 0 radical (unpaired) electrons. The highest BCUT2D eigenvalue weighted by atomic mass is 19.1. The van der Waals surface area contributed by atoms with E-state index in [1.165, 1.54) is 11.0 Å². The zero-order valence-corrected chi connectivity index (χ0v) is 16.0. The Labute approximate surface area is 166 Å². The molecule has 9 nitrogen and oxygen atoms in total. The van der Waals surface area contributed by atoms with Crippen molar-refractivity contribution in [3.05, 3.63) is 42.5 Å². The Morgan fingerprint density at radius 2 is 2.24 bits per heavy atom. The highest BCUT2D eigenvalue weighted by Crippen LogP contribution is 2.28. The van der Waals surface area contributed by atoms with E-state index >= 15 is 0 Å². The molecule has 4 rings (SSSR count). The number of carbonyl (C=O) groups is 1. The summed E-state index contributed by atoms with van der Waals surface area (Å²) in [6.45, 7) is 4.95. The van der Waals surface area contributed by atoms with Gasteiger partial charge in [0.25, 0.3) is 0 Å². The average Bonchev–Trinajstić information content (AvgIpc) is 3.44. The zero-order chi connectivity index (χ0) is 20.2. The van der Waals surface area contributed by atoms with E-state index in [1.807, 2.05) is 13.1 Å². The summed E-state index contributed by atoms with van der Waals surface area (Å²) in [6.07, 6.45) is 3.54. The summed E-state index contributed by atoms with van der Waals surface area (Å²) in [5.41, 5.74) is 2.21. The van der Waals surface area contributed by atoms with Crippen molar-refractivity contribution >= 4 is 23.2 Å². The van der Waals surface area contributed by atoms with Crippen LogP contribution < -0.4 is 15.5 Å². The number of ether oxygens (including phenoxy) is 1. The SMILES string of the molecule is CCOCCn1cc(Nc2cc(-c3ccc(N4CCNC4=O)cc3F)[nH]n2)cn1. The Morgan fingerprint density at radius 1 is 1.34 bits per heavy atom. The number of urea groups is 1. The molecule has 1 fully saturated rings. The normalized spacial score (nSPS) is 13.7.